The van der Waals surface area contributed by atoms with E-state index in [1.54, 1.807) is 23.5 Å². The number of aromatic nitrogens is 5. The molecule has 11 rings (SSSR count). The number of hydrogen-bond acceptors (Lipinski definition) is 15. The van der Waals surface area contributed by atoms with Crippen molar-refractivity contribution in [2.45, 2.75) is 115 Å². The first-order chi connectivity index (χ1) is 34.7. The number of benzene rings is 2. The van der Waals surface area contributed by atoms with E-state index in [1.807, 2.05) is 81.9 Å². The van der Waals surface area contributed by atoms with Gasteiger partial charge in [-0.05, 0) is 105 Å². The first kappa shape index (κ1) is 48.1. The van der Waals surface area contributed by atoms with Crippen molar-refractivity contribution in [2.24, 2.45) is 16.7 Å². The highest BCUT2D eigenvalue weighted by atomic mass is 32.1. The van der Waals surface area contributed by atoms with Crippen LogP contribution >= 0.6 is 11.3 Å². The molecule has 5 aromatic rings. The monoisotopic (exact) mass is 994 g/mol. The minimum Gasteiger partial charge on any atom is -0.507 e. The molecule has 6 aliphatic rings. The molecule has 1 spiro atoms. The number of aryl methyl sites for hydroxylation is 1. The Hall–Kier alpha value is -6.24. The molecule has 0 bridgehead atoms. The highest BCUT2D eigenvalue weighted by Crippen LogP contribution is 2.60. The second kappa shape index (κ2) is 19.3. The molecule has 72 heavy (non-hydrogen) atoms. The summed E-state index contributed by atoms with van der Waals surface area (Å²) in [6.45, 7) is 13.3. The van der Waals surface area contributed by atoms with Crippen molar-refractivity contribution in [3.63, 3.8) is 0 Å². The first-order valence-corrected chi connectivity index (χ1v) is 26.6. The average Bonchev–Trinajstić information content (AvgIpc) is 3.98. The second-order valence-electron chi connectivity index (χ2n) is 22.3. The number of aromatic hydroxyl groups is 1. The van der Waals surface area contributed by atoms with Crippen molar-refractivity contribution in [1.29, 1.82) is 0 Å². The summed E-state index contributed by atoms with van der Waals surface area (Å²) in [7, 11) is 0. The largest absolute Gasteiger partial charge is 0.507 e. The Balaban J connectivity index is 0.637. The zero-order chi connectivity index (χ0) is 49.9. The summed E-state index contributed by atoms with van der Waals surface area (Å²) < 4.78 is 0. The molecule has 4 aliphatic heterocycles. The first-order valence-electron chi connectivity index (χ1n) is 25.7. The fourth-order valence-corrected chi connectivity index (χ4v) is 13.1. The van der Waals surface area contributed by atoms with Gasteiger partial charge in [-0.2, -0.15) is 0 Å². The van der Waals surface area contributed by atoms with Crippen molar-refractivity contribution in [3.05, 3.63) is 89.3 Å². The molecule has 0 radical (unpaired) electrons. The van der Waals surface area contributed by atoms with Gasteiger partial charge in [0.25, 0.3) is 0 Å². The fraction of sp³-hybridized carbons (Fsp3) is 0.519. The number of anilines is 3. The van der Waals surface area contributed by atoms with E-state index in [-0.39, 0.29) is 53.8 Å². The number of likely N-dealkylation sites (tertiary alicyclic amines) is 2. The number of nitrogens with one attached hydrogen (secondary N) is 3. The third-order valence-electron chi connectivity index (χ3n) is 16.4. The predicted molar refractivity (Wildman–Crippen MR) is 276 cm³/mol. The van der Waals surface area contributed by atoms with E-state index in [2.05, 4.69) is 51.9 Å². The van der Waals surface area contributed by atoms with Gasteiger partial charge in [-0.15, -0.1) is 21.5 Å². The van der Waals surface area contributed by atoms with Gasteiger partial charge >= 0.3 is 0 Å². The van der Waals surface area contributed by atoms with Crippen LogP contribution in [0.25, 0.3) is 21.7 Å². The Morgan fingerprint density at radius 3 is 2.43 bits per heavy atom. The van der Waals surface area contributed by atoms with Crippen LogP contribution in [0.2, 0.25) is 0 Å². The Morgan fingerprint density at radius 2 is 1.69 bits per heavy atom. The van der Waals surface area contributed by atoms with Crippen LogP contribution in [0, 0.1) is 23.7 Å². The summed E-state index contributed by atoms with van der Waals surface area (Å²) in [4.78, 5) is 66.0. The number of phenols is 1. The number of hydrogen-bond donors (Lipinski definition) is 5. The van der Waals surface area contributed by atoms with Crippen molar-refractivity contribution >= 4 is 46.5 Å². The number of piperazine rings is 1. The number of carbonyl (C=O) groups excluding carboxylic acids is 3. The van der Waals surface area contributed by atoms with Crippen LogP contribution in [-0.4, -0.2) is 139 Å². The second-order valence-corrected chi connectivity index (χ2v) is 23.2. The molecular formula is C54H66N12O5S. The number of amides is 3. The van der Waals surface area contributed by atoms with Gasteiger partial charge in [-0.1, -0.05) is 57.2 Å². The third-order valence-corrected chi connectivity index (χ3v) is 17.4. The lowest BCUT2D eigenvalue weighted by Gasteiger charge is -2.60. The van der Waals surface area contributed by atoms with E-state index in [1.165, 1.54) is 4.90 Å². The molecule has 3 saturated heterocycles. The number of aliphatic hydroxyl groups is 1. The molecule has 378 valence electrons. The molecular weight excluding hydrogens is 929 g/mol. The minimum atomic E-state index is -0.841. The SMILES string of the molecule is Cc1ncsc1-c1ccc(CNC(=O)[C@@H]2C[C@@H](O)CN2C(=O)[C@@H](NC(=O)[C@H]2CC3(C2)C[C@H](N2CCC(c4ccnc(N5CCN6c7cc(-c8ccccc8O)nnc7NC[C@H]6C5)n4)CC2)C3)C(C)(C)C)cc1. The molecule has 3 aromatic heterocycles. The molecule has 2 saturated carbocycles. The van der Waals surface area contributed by atoms with E-state index >= 15 is 0 Å². The summed E-state index contributed by atoms with van der Waals surface area (Å²) in [5.74, 6) is 1.20. The number of carbonyl (C=O) groups is 3. The highest BCUT2D eigenvalue weighted by molar-refractivity contribution is 7.13. The van der Waals surface area contributed by atoms with Crippen LogP contribution in [-0.2, 0) is 20.9 Å². The number of phenolic OH excluding ortho intramolecular Hbond substituents is 1. The predicted octanol–water partition coefficient (Wildman–Crippen LogP) is 5.74. The highest BCUT2D eigenvalue weighted by Gasteiger charge is 2.57. The van der Waals surface area contributed by atoms with Gasteiger partial charge in [0.2, 0.25) is 23.7 Å². The van der Waals surface area contributed by atoms with E-state index in [4.69, 9.17) is 9.97 Å². The normalized spacial score (nSPS) is 25.7. The molecule has 3 amide bonds. The summed E-state index contributed by atoms with van der Waals surface area (Å²) in [6.07, 6.45) is 7.15. The van der Waals surface area contributed by atoms with Crippen LogP contribution in [0.3, 0.4) is 0 Å². The molecule has 5 N–H and O–H groups in total. The lowest BCUT2D eigenvalue weighted by Crippen LogP contribution is -2.62. The molecule has 17 nitrogen and oxygen atoms in total. The van der Waals surface area contributed by atoms with Gasteiger partial charge in [0.05, 0.1) is 39.6 Å². The number of nitrogens with zero attached hydrogens (tertiary/aromatic N) is 9. The smallest absolute Gasteiger partial charge is 0.246 e. The van der Waals surface area contributed by atoms with Gasteiger partial charge in [0, 0.05) is 81.0 Å². The zero-order valence-electron chi connectivity index (χ0n) is 41.6. The van der Waals surface area contributed by atoms with E-state index in [0.29, 0.717) is 29.8 Å². The molecule has 5 fully saturated rings. The summed E-state index contributed by atoms with van der Waals surface area (Å²) >= 11 is 1.59. The zero-order valence-corrected chi connectivity index (χ0v) is 42.4. The van der Waals surface area contributed by atoms with E-state index in [9.17, 15) is 24.6 Å². The quantitative estimate of drug-likeness (QED) is 0.107. The summed E-state index contributed by atoms with van der Waals surface area (Å²) in [6, 6.07) is 18.4. The van der Waals surface area contributed by atoms with E-state index < -0.39 is 23.6 Å². The van der Waals surface area contributed by atoms with Crippen LogP contribution in [0.15, 0.2) is 72.4 Å². The molecule has 4 atom stereocenters. The minimum absolute atomic E-state index is 0.0440. The lowest BCUT2D eigenvalue weighted by atomic mass is 9.49. The number of aliphatic hydroxyl groups excluding tert-OH is 1. The molecule has 7 heterocycles. The Labute approximate surface area is 424 Å². The van der Waals surface area contributed by atoms with E-state index in [0.717, 1.165) is 123 Å². The molecule has 2 aromatic carbocycles. The van der Waals surface area contributed by atoms with Crippen molar-refractivity contribution in [3.8, 4) is 27.4 Å². The number of para-hydroxylation sites is 1. The summed E-state index contributed by atoms with van der Waals surface area (Å²) in [5.41, 5.74) is 7.79. The van der Waals surface area contributed by atoms with Gasteiger partial charge < -0.3 is 45.8 Å². The number of fused-ring (bicyclic) bond motifs is 3. The van der Waals surface area contributed by atoms with Crippen LogP contribution in [0.4, 0.5) is 17.5 Å². The maximum Gasteiger partial charge on any atom is 0.246 e. The Kier molecular flexibility index (Phi) is 12.9. The summed E-state index contributed by atoms with van der Waals surface area (Å²) in [5, 5.41) is 39.7. The van der Waals surface area contributed by atoms with Gasteiger partial charge in [-0.3, -0.25) is 14.4 Å². The maximum atomic E-state index is 14.3. The number of rotatable bonds is 11. The van der Waals surface area contributed by atoms with Crippen molar-refractivity contribution in [2.75, 3.05) is 60.9 Å². The van der Waals surface area contributed by atoms with Crippen LogP contribution in [0.5, 0.6) is 5.75 Å². The standard InChI is InChI=1S/C54H66N12O5S/c1-32-46(72-31-58-32)35-11-9-33(10-12-35)27-57-50(70)44-21-39(67)30-66(44)51(71)47(53(2,3)4)60-49(69)36-23-54(24-36)25-37(26-54)63-17-14-34(15-18-63)41-13-16-55-52(59-41)64-19-20-65-38(29-64)28-56-48-43(65)22-42(61-62-48)40-7-5-6-8-45(40)68/h5-13,16,22,31,34,36-39,44,47,67-68H,14-15,17-21,23-30H2,1-4H3,(H,56,62)(H,57,70)(H,60,69)/t36-,37-,38-,39+,44-,47+,54?/m0/s1. The molecule has 18 heteroatoms. The molecule has 0 unspecified atom stereocenters. The maximum absolute atomic E-state index is 14.3. The topological polar surface area (TPSA) is 205 Å². The average molecular weight is 995 g/mol. The van der Waals surface area contributed by atoms with Gasteiger partial charge in [0.1, 0.15) is 17.8 Å². The Morgan fingerprint density at radius 1 is 0.917 bits per heavy atom. The van der Waals surface area contributed by atoms with Gasteiger partial charge in [0.15, 0.2) is 5.82 Å². The lowest BCUT2D eigenvalue weighted by molar-refractivity contribution is -0.150. The number of β-amino-alcohol motifs (C(OH)–C–C–N with tert-alkyl or cyclic N) is 1. The fourth-order valence-electron chi connectivity index (χ4n) is 12.3. The number of thiazole rings is 1. The molecule has 2 aliphatic carbocycles. The van der Waals surface area contributed by atoms with Crippen LogP contribution in [0.1, 0.15) is 88.6 Å². The van der Waals surface area contributed by atoms with Crippen LogP contribution < -0.4 is 25.8 Å². The van der Waals surface area contributed by atoms with Gasteiger partial charge in [-0.25, -0.2) is 15.0 Å². The van der Waals surface area contributed by atoms with Crippen molar-refractivity contribution in [1.82, 2.24) is 45.6 Å². The third kappa shape index (κ3) is 9.48. The Bertz CT molecular complexity index is 2810. The van der Waals surface area contributed by atoms with Crippen molar-refractivity contribution < 1.29 is 24.6 Å². The number of piperidine rings is 1.